The topological polar surface area (TPSA) is 38.3 Å². The first-order valence-electron chi connectivity index (χ1n) is 6.09. The van der Waals surface area contributed by atoms with Crippen molar-refractivity contribution in [1.82, 2.24) is 5.32 Å². The van der Waals surface area contributed by atoms with Crippen LogP contribution in [0.5, 0.6) is 5.75 Å². The molecule has 1 rings (SSSR count). The molecule has 0 spiro atoms. The zero-order valence-corrected chi connectivity index (χ0v) is 12.7. The Morgan fingerprint density at radius 3 is 2.78 bits per heavy atom. The zero-order valence-electron chi connectivity index (χ0n) is 11.1. The van der Waals surface area contributed by atoms with Gasteiger partial charge in [-0.1, -0.05) is 41.9 Å². The van der Waals surface area contributed by atoms with Crippen LogP contribution in [0.25, 0.3) is 0 Å². The summed E-state index contributed by atoms with van der Waals surface area (Å²) in [6, 6.07) is 7.88. The number of hydrogen-bond donors (Lipinski definition) is 1. The van der Waals surface area contributed by atoms with Gasteiger partial charge in [0.05, 0.1) is 11.9 Å². The average molecular weight is 314 g/mol. The Bertz CT molecular complexity index is 393. The molecule has 1 atom stereocenters. The molecule has 0 aromatic heterocycles. The summed E-state index contributed by atoms with van der Waals surface area (Å²) >= 11 is 3.38. The summed E-state index contributed by atoms with van der Waals surface area (Å²) in [6.45, 7) is 4.67. The molecule has 0 saturated heterocycles. The Balaban J connectivity index is 2.39. The molecule has 4 heteroatoms. The Morgan fingerprint density at radius 1 is 1.44 bits per heavy atom. The zero-order chi connectivity index (χ0) is 13.5. The fraction of sp³-hybridized carbons (Fsp3) is 0.500. The van der Waals surface area contributed by atoms with Gasteiger partial charge in [-0.25, -0.2) is 0 Å². The molecule has 0 heterocycles. The second kappa shape index (κ2) is 7.41. The molecule has 1 N–H and O–H groups in total. The van der Waals surface area contributed by atoms with E-state index >= 15 is 0 Å². The molecule has 0 aliphatic heterocycles. The number of rotatable bonds is 6. The van der Waals surface area contributed by atoms with Gasteiger partial charge in [0, 0.05) is 6.54 Å². The van der Waals surface area contributed by atoms with Crippen molar-refractivity contribution >= 4 is 21.8 Å². The van der Waals surface area contributed by atoms with Gasteiger partial charge in [-0.3, -0.25) is 4.79 Å². The maximum absolute atomic E-state index is 11.7. The highest BCUT2D eigenvalue weighted by Gasteiger charge is 2.17. The van der Waals surface area contributed by atoms with Crippen molar-refractivity contribution in [3.05, 3.63) is 29.8 Å². The van der Waals surface area contributed by atoms with Crippen LogP contribution in [0.4, 0.5) is 0 Å². The fourth-order valence-electron chi connectivity index (χ4n) is 1.56. The van der Waals surface area contributed by atoms with Crippen molar-refractivity contribution in [2.24, 2.45) is 5.92 Å². The minimum absolute atomic E-state index is 0.0490. The maximum atomic E-state index is 11.7. The predicted octanol–water partition coefficient (Wildman–Crippen LogP) is 2.77. The molecule has 0 fully saturated rings. The number of methoxy groups -OCH3 is 1. The minimum atomic E-state index is -0.122. The number of benzene rings is 1. The fourth-order valence-corrected chi connectivity index (χ4v) is 1.72. The van der Waals surface area contributed by atoms with E-state index in [9.17, 15) is 4.79 Å². The van der Waals surface area contributed by atoms with Gasteiger partial charge in [0.1, 0.15) is 5.75 Å². The van der Waals surface area contributed by atoms with E-state index in [1.54, 1.807) is 7.11 Å². The van der Waals surface area contributed by atoms with Crippen LogP contribution in [-0.4, -0.2) is 24.4 Å². The van der Waals surface area contributed by atoms with Crippen molar-refractivity contribution in [3.63, 3.8) is 0 Å². The number of nitrogens with one attached hydrogen (secondary N) is 1. The van der Waals surface area contributed by atoms with Gasteiger partial charge in [0.25, 0.3) is 0 Å². The van der Waals surface area contributed by atoms with E-state index < -0.39 is 0 Å². The first kappa shape index (κ1) is 15.0. The van der Waals surface area contributed by atoms with Crippen molar-refractivity contribution in [1.29, 1.82) is 0 Å². The Labute approximate surface area is 117 Å². The number of hydrogen-bond acceptors (Lipinski definition) is 2. The quantitative estimate of drug-likeness (QED) is 0.820. The number of halogens is 1. The minimum Gasteiger partial charge on any atom is -0.497 e. The molecule has 100 valence electrons. The summed E-state index contributed by atoms with van der Waals surface area (Å²) in [5.74, 6) is 1.19. The van der Waals surface area contributed by atoms with Crippen LogP contribution >= 0.6 is 15.9 Å². The van der Waals surface area contributed by atoms with Crippen LogP contribution in [0.2, 0.25) is 0 Å². The largest absolute Gasteiger partial charge is 0.497 e. The molecule has 0 radical (unpaired) electrons. The molecular weight excluding hydrogens is 294 g/mol. The third-order valence-electron chi connectivity index (χ3n) is 2.68. The lowest BCUT2D eigenvalue weighted by Crippen LogP contribution is -2.35. The standard InChI is InChI=1S/C14H20BrNO2/c1-10(2)13(15)14(17)16-8-7-11-5-4-6-12(9-11)18-3/h4-6,9-10,13H,7-8H2,1-3H3,(H,16,17). The second-order valence-corrected chi connectivity index (χ2v) is 5.52. The van der Waals surface area contributed by atoms with Crippen LogP contribution < -0.4 is 10.1 Å². The Hall–Kier alpha value is -1.03. The van der Waals surface area contributed by atoms with Crippen molar-refractivity contribution in [2.45, 2.75) is 25.1 Å². The molecule has 18 heavy (non-hydrogen) atoms. The van der Waals surface area contributed by atoms with E-state index in [0.717, 1.165) is 17.7 Å². The van der Waals surface area contributed by atoms with Gasteiger partial charge in [-0.05, 0) is 30.0 Å². The van der Waals surface area contributed by atoms with E-state index in [1.807, 2.05) is 38.1 Å². The molecular formula is C14H20BrNO2. The number of alkyl halides is 1. The first-order chi connectivity index (χ1) is 8.54. The van der Waals surface area contributed by atoms with Gasteiger partial charge >= 0.3 is 0 Å². The van der Waals surface area contributed by atoms with Gasteiger partial charge in [0.15, 0.2) is 0 Å². The van der Waals surface area contributed by atoms with Gasteiger partial charge < -0.3 is 10.1 Å². The van der Waals surface area contributed by atoms with Crippen LogP contribution in [-0.2, 0) is 11.2 Å². The molecule has 0 aliphatic carbocycles. The highest BCUT2D eigenvalue weighted by molar-refractivity contribution is 9.10. The molecule has 3 nitrogen and oxygen atoms in total. The second-order valence-electron chi connectivity index (χ2n) is 4.54. The lowest BCUT2D eigenvalue weighted by molar-refractivity contribution is -0.121. The number of carbonyl (C=O) groups is 1. The number of ether oxygens (including phenoxy) is 1. The average Bonchev–Trinajstić information content (AvgIpc) is 2.37. The summed E-state index contributed by atoms with van der Waals surface area (Å²) in [7, 11) is 1.65. The molecule has 0 bridgehead atoms. The SMILES string of the molecule is COc1cccc(CCNC(=O)C(Br)C(C)C)c1. The van der Waals surface area contributed by atoms with Crippen LogP contribution in [0.3, 0.4) is 0 Å². The Kier molecular flexibility index (Phi) is 6.19. The van der Waals surface area contributed by atoms with Crippen molar-refractivity contribution in [2.75, 3.05) is 13.7 Å². The van der Waals surface area contributed by atoms with Crippen molar-refractivity contribution < 1.29 is 9.53 Å². The highest BCUT2D eigenvalue weighted by atomic mass is 79.9. The molecule has 0 aliphatic rings. The normalized spacial score (nSPS) is 12.3. The van der Waals surface area contributed by atoms with E-state index in [-0.39, 0.29) is 10.7 Å². The molecule has 1 unspecified atom stereocenters. The van der Waals surface area contributed by atoms with Crippen LogP contribution in [0.1, 0.15) is 19.4 Å². The van der Waals surface area contributed by atoms with Crippen LogP contribution in [0, 0.1) is 5.92 Å². The van der Waals surface area contributed by atoms with Gasteiger partial charge in [-0.2, -0.15) is 0 Å². The highest BCUT2D eigenvalue weighted by Crippen LogP contribution is 2.13. The lowest BCUT2D eigenvalue weighted by Gasteiger charge is -2.13. The van der Waals surface area contributed by atoms with E-state index in [2.05, 4.69) is 21.2 Å². The Morgan fingerprint density at radius 2 is 2.17 bits per heavy atom. The third kappa shape index (κ3) is 4.69. The monoisotopic (exact) mass is 313 g/mol. The predicted molar refractivity (Wildman–Crippen MR) is 77.3 cm³/mol. The lowest BCUT2D eigenvalue weighted by atomic mass is 10.1. The van der Waals surface area contributed by atoms with Crippen LogP contribution in [0.15, 0.2) is 24.3 Å². The molecule has 1 aromatic rings. The van der Waals surface area contributed by atoms with Gasteiger partial charge in [0.2, 0.25) is 5.91 Å². The van der Waals surface area contributed by atoms with Gasteiger partial charge in [-0.15, -0.1) is 0 Å². The number of carbonyl (C=O) groups excluding carboxylic acids is 1. The number of amides is 1. The summed E-state index contributed by atoms with van der Waals surface area (Å²) in [6.07, 6.45) is 0.806. The summed E-state index contributed by atoms with van der Waals surface area (Å²) < 4.78 is 5.16. The molecule has 0 saturated carbocycles. The van der Waals surface area contributed by atoms with E-state index in [1.165, 1.54) is 0 Å². The summed E-state index contributed by atoms with van der Waals surface area (Å²) in [5, 5.41) is 2.92. The summed E-state index contributed by atoms with van der Waals surface area (Å²) in [4.78, 5) is 11.6. The first-order valence-corrected chi connectivity index (χ1v) is 7.01. The maximum Gasteiger partial charge on any atom is 0.234 e. The van der Waals surface area contributed by atoms with E-state index in [4.69, 9.17) is 4.74 Å². The third-order valence-corrected chi connectivity index (χ3v) is 4.16. The van der Waals surface area contributed by atoms with Crippen molar-refractivity contribution in [3.8, 4) is 5.75 Å². The molecule has 1 aromatic carbocycles. The molecule has 1 amide bonds. The smallest absolute Gasteiger partial charge is 0.234 e. The summed E-state index contributed by atoms with van der Waals surface area (Å²) in [5.41, 5.74) is 1.16. The van der Waals surface area contributed by atoms with E-state index in [0.29, 0.717) is 12.5 Å².